The molecule has 0 amide bonds. The maximum Gasteiger partial charge on any atom is 0.514 e. The molecule has 0 heterocycles. The summed E-state index contributed by atoms with van der Waals surface area (Å²) in [6.45, 7) is 12.4. The first-order valence-electron chi connectivity index (χ1n) is 13.2. The van der Waals surface area contributed by atoms with Gasteiger partial charge in [-0.15, -0.1) is 0 Å². The minimum Gasteiger partial charge on any atom is -0.468 e. The first-order chi connectivity index (χ1) is 18.2. The molecule has 220 valence electrons. The van der Waals surface area contributed by atoms with Crippen molar-refractivity contribution in [2.75, 3.05) is 13.7 Å². The third kappa shape index (κ3) is 10.7. The topological polar surface area (TPSA) is 150 Å². The molecule has 0 fully saturated rings. The fourth-order valence-electron chi connectivity index (χ4n) is 3.05. The van der Waals surface area contributed by atoms with Gasteiger partial charge in [-0.2, -0.15) is 0 Å². The van der Waals surface area contributed by atoms with Gasteiger partial charge in [0, 0.05) is 12.8 Å². The molecule has 0 aromatic heterocycles. The molecule has 11 nitrogen and oxygen atoms in total. The summed E-state index contributed by atoms with van der Waals surface area (Å²) in [5, 5.41) is 0. The summed E-state index contributed by atoms with van der Waals surface area (Å²) in [6, 6.07) is 4.34. The van der Waals surface area contributed by atoms with E-state index in [0.717, 1.165) is 0 Å². The van der Waals surface area contributed by atoms with Crippen LogP contribution in [-0.2, 0) is 35.0 Å². The summed E-state index contributed by atoms with van der Waals surface area (Å²) in [5.74, 6) is -1.35. The van der Waals surface area contributed by atoms with E-state index in [2.05, 4.69) is 0 Å². The third-order valence-electron chi connectivity index (χ3n) is 6.47. The first-order valence-corrected chi connectivity index (χ1v) is 13.2. The number of hydrogen-bond donors (Lipinski definition) is 1. The second-order valence-corrected chi connectivity index (χ2v) is 10.1. The van der Waals surface area contributed by atoms with E-state index in [9.17, 15) is 19.2 Å². The summed E-state index contributed by atoms with van der Waals surface area (Å²) in [7, 11) is 1.20. The average molecular weight is 554 g/mol. The molecule has 1 rings (SSSR count). The first kappa shape index (κ1) is 33.7. The maximum atomic E-state index is 12.6. The van der Waals surface area contributed by atoms with Crippen molar-refractivity contribution in [1.82, 2.24) is 0 Å². The van der Waals surface area contributed by atoms with E-state index in [1.165, 1.54) is 19.2 Å². The quantitative estimate of drug-likeness (QED) is 0.186. The number of esters is 2. The van der Waals surface area contributed by atoms with Crippen molar-refractivity contribution in [2.45, 2.75) is 98.3 Å². The highest BCUT2D eigenvalue weighted by atomic mass is 16.7. The molecule has 0 radical (unpaired) electrons. The van der Waals surface area contributed by atoms with Gasteiger partial charge in [0.25, 0.3) is 0 Å². The lowest BCUT2D eigenvalue weighted by Crippen LogP contribution is -2.51. The Hall–Kier alpha value is -3.34. The molecular weight excluding hydrogens is 510 g/mol. The molecule has 2 N–H and O–H groups in total. The van der Waals surface area contributed by atoms with Crippen molar-refractivity contribution in [3.63, 3.8) is 0 Å². The minimum absolute atomic E-state index is 0.0308. The lowest BCUT2D eigenvalue weighted by atomic mass is 9.88. The third-order valence-corrected chi connectivity index (χ3v) is 6.47. The van der Waals surface area contributed by atoms with Gasteiger partial charge >= 0.3 is 24.2 Å². The Morgan fingerprint density at radius 2 is 1.41 bits per heavy atom. The lowest BCUT2D eigenvalue weighted by Gasteiger charge is -2.28. The van der Waals surface area contributed by atoms with Crippen LogP contribution in [0.4, 0.5) is 9.59 Å². The highest BCUT2D eigenvalue weighted by Crippen LogP contribution is 2.32. The molecule has 0 aliphatic rings. The summed E-state index contributed by atoms with van der Waals surface area (Å²) in [5.41, 5.74) is 4.64. The fourth-order valence-corrected chi connectivity index (χ4v) is 3.05. The highest BCUT2D eigenvalue weighted by molar-refractivity contribution is 5.81. The van der Waals surface area contributed by atoms with Crippen molar-refractivity contribution in [1.29, 1.82) is 0 Å². The van der Waals surface area contributed by atoms with E-state index in [4.69, 9.17) is 34.2 Å². The smallest absolute Gasteiger partial charge is 0.468 e. The van der Waals surface area contributed by atoms with E-state index < -0.39 is 41.3 Å². The van der Waals surface area contributed by atoms with Gasteiger partial charge in [-0.25, -0.2) is 9.59 Å². The fraction of sp³-hybridized carbons (Fsp3) is 0.643. The van der Waals surface area contributed by atoms with Crippen LogP contribution in [0.5, 0.6) is 11.5 Å². The van der Waals surface area contributed by atoms with Crippen LogP contribution >= 0.6 is 0 Å². The van der Waals surface area contributed by atoms with Crippen molar-refractivity contribution < 1.29 is 47.6 Å². The maximum absolute atomic E-state index is 12.6. The van der Waals surface area contributed by atoms with E-state index >= 15 is 0 Å². The van der Waals surface area contributed by atoms with Gasteiger partial charge in [0.15, 0.2) is 11.5 Å². The summed E-state index contributed by atoms with van der Waals surface area (Å²) < 4.78 is 31.2. The molecular formula is C28H43NO10. The number of carbonyl (C=O) groups excluding carboxylic acids is 4. The Morgan fingerprint density at radius 1 is 0.872 bits per heavy atom. The van der Waals surface area contributed by atoms with Crippen molar-refractivity contribution >= 4 is 24.2 Å². The molecule has 1 unspecified atom stereocenters. The number of carbonyl (C=O) groups is 4. The Balaban J connectivity index is 3.22. The normalized spacial score (nSPS) is 14.3. The van der Waals surface area contributed by atoms with E-state index in [1.807, 2.05) is 20.8 Å². The number of nitrogens with two attached hydrogens (primary N) is 1. The standard InChI is InChI=1S/C28H43NO10/c1-9-18(4)36-25(32)38-21-13-12-20(16-22(21)39-26(33)37-19(5)10-2)17-28(29,24(31)34-8)14-15-35-23(30)27(6,7)11-3/h12-13,16,18-19H,9-11,14-15,17,29H2,1-8H3/t18-,19?,28+/m0/s1. The molecule has 0 aliphatic heterocycles. The van der Waals surface area contributed by atoms with Crippen LogP contribution in [0, 0.1) is 5.41 Å². The molecule has 0 saturated carbocycles. The minimum atomic E-state index is -1.57. The van der Waals surface area contributed by atoms with Crippen LogP contribution in [-0.4, -0.2) is 55.7 Å². The molecule has 1 aromatic carbocycles. The van der Waals surface area contributed by atoms with E-state index in [1.54, 1.807) is 33.8 Å². The van der Waals surface area contributed by atoms with Crippen LogP contribution in [0.2, 0.25) is 0 Å². The predicted molar refractivity (Wildman–Crippen MR) is 142 cm³/mol. The van der Waals surface area contributed by atoms with Gasteiger partial charge in [0.2, 0.25) is 0 Å². The molecule has 3 atom stereocenters. The van der Waals surface area contributed by atoms with Crippen LogP contribution < -0.4 is 15.2 Å². The zero-order valence-electron chi connectivity index (χ0n) is 24.3. The Kier molecular flexibility index (Phi) is 13.2. The molecule has 0 spiro atoms. The van der Waals surface area contributed by atoms with Gasteiger partial charge in [0.05, 0.1) is 19.1 Å². The zero-order chi connectivity index (χ0) is 29.8. The zero-order valence-corrected chi connectivity index (χ0v) is 24.3. The monoisotopic (exact) mass is 553 g/mol. The molecule has 0 bridgehead atoms. The van der Waals surface area contributed by atoms with Crippen molar-refractivity contribution in [3.8, 4) is 11.5 Å². The van der Waals surface area contributed by atoms with Gasteiger partial charge in [-0.3, -0.25) is 9.59 Å². The average Bonchev–Trinajstić information content (AvgIpc) is 2.88. The molecule has 1 aromatic rings. The van der Waals surface area contributed by atoms with Crippen LogP contribution in [0.15, 0.2) is 18.2 Å². The van der Waals surface area contributed by atoms with Crippen LogP contribution in [0.1, 0.15) is 79.7 Å². The predicted octanol–water partition coefficient (Wildman–Crippen LogP) is 5.10. The molecule has 11 heteroatoms. The molecule has 0 aliphatic carbocycles. The second kappa shape index (κ2) is 15.3. The number of benzene rings is 1. The van der Waals surface area contributed by atoms with Gasteiger partial charge in [-0.05, 0) is 64.7 Å². The number of ether oxygens (including phenoxy) is 6. The Morgan fingerprint density at radius 3 is 1.90 bits per heavy atom. The van der Waals surface area contributed by atoms with Crippen LogP contribution in [0.3, 0.4) is 0 Å². The van der Waals surface area contributed by atoms with Crippen LogP contribution in [0.25, 0.3) is 0 Å². The molecule has 0 saturated heterocycles. The number of methoxy groups -OCH3 is 1. The number of rotatable bonds is 14. The van der Waals surface area contributed by atoms with Crippen molar-refractivity contribution in [3.05, 3.63) is 23.8 Å². The van der Waals surface area contributed by atoms with Gasteiger partial charge in [-0.1, -0.05) is 26.8 Å². The summed E-state index contributed by atoms with van der Waals surface area (Å²) in [4.78, 5) is 49.5. The summed E-state index contributed by atoms with van der Waals surface area (Å²) in [6.07, 6.45) is -1.14. The number of hydrogen-bond acceptors (Lipinski definition) is 11. The SMILES string of the molecule is CCC(C)OC(=O)Oc1cc(C[C@](N)(CCOC(=O)C(C)(C)CC)C(=O)OC)ccc1OC(=O)O[C@@H](C)CC. The largest absolute Gasteiger partial charge is 0.514 e. The summed E-state index contributed by atoms with van der Waals surface area (Å²) >= 11 is 0. The lowest BCUT2D eigenvalue weighted by molar-refractivity contribution is -0.157. The molecule has 39 heavy (non-hydrogen) atoms. The second-order valence-electron chi connectivity index (χ2n) is 10.1. The van der Waals surface area contributed by atoms with E-state index in [0.29, 0.717) is 24.8 Å². The van der Waals surface area contributed by atoms with Gasteiger partial charge < -0.3 is 34.2 Å². The Bertz CT molecular complexity index is 993. The van der Waals surface area contributed by atoms with Crippen molar-refractivity contribution in [2.24, 2.45) is 11.1 Å². The highest BCUT2D eigenvalue weighted by Gasteiger charge is 2.37. The van der Waals surface area contributed by atoms with E-state index in [-0.39, 0.29) is 37.1 Å². The Labute approximate surface area is 230 Å². The van der Waals surface area contributed by atoms with Gasteiger partial charge in [0.1, 0.15) is 17.7 Å².